The van der Waals surface area contributed by atoms with Crippen LogP contribution in [0, 0.1) is 11.6 Å². The summed E-state index contributed by atoms with van der Waals surface area (Å²) in [4.78, 5) is 10.8. The van der Waals surface area contributed by atoms with Crippen molar-refractivity contribution in [2.24, 2.45) is 0 Å². The molecule has 0 saturated carbocycles. The number of carbonyl (C=O) groups is 1. The first-order valence-corrected chi connectivity index (χ1v) is 6.36. The topological polar surface area (TPSA) is 46.5 Å². The van der Waals surface area contributed by atoms with Crippen LogP contribution in [-0.4, -0.2) is 11.1 Å². The van der Waals surface area contributed by atoms with Crippen molar-refractivity contribution in [3.63, 3.8) is 0 Å². The highest BCUT2D eigenvalue weighted by atomic mass is 79.9. The lowest BCUT2D eigenvalue weighted by Crippen LogP contribution is -2.01. The number of hydrogen-bond donors (Lipinski definition) is 1. The molecule has 0 bridgehead atoms. The third-order valence-corrected chi connectivity index (χ3v) is 3.20. The van der Waals surface area contributed by atoms with E-state index in [1.54, 1.807) is 0 Å². The summed E-state index contributed by atoms with van der Waals surface area (Å²) in [6.45, 7) is -0.0862. The summed E-state index contributed by atoms with van der Waals surface area (Å²) in [6, 6.07) is 7.45. The van der Waals surface area contributed by atoms with Gasteiger partial charge in [0.15, 0.2) is 0 Å². The van der Waals surface area contributed by atoms with Gasteiger partial charge in [-0.15, -0.1) is 0 Å². The molecule has 0 fully saturated rings. The van der Waals surface area contributed by atoms with Crippen LogP contribution in [0.2, 0.25) is 0 Å². The van der Waals surface area contributed by atoms with Gasteiger partial charge in [0.2, 0.25) is 0 Å². The van der Waals surface area contributed by atoms with Gasteiger partial charge in [0.1, 0.15) is 24.0 Å². The zero-order valence-corrected chi connectivity index (χ0v) is 11.7. The molecule has 104 valence electrons. The van der Waals surface area contributed by atoms with Crippen LogP contribution in [0.15, 0.2) is 40.9 Å². The first-order valence-electron chi connectivity index (χ1n) is 5.57. The zero-order chi connectivity index (χ0) is 14.7. The SMILES string of the molecule is O=C(O)c1ccc(OCc2ccc(F)cc2F)c(Br)c1. The lowest BCUT2D eigenvalue weighted by Gasteiger charge is -2.09. The molecule has 0 unspecified atom stereocenters. The molecule has 2 aromatic carbocycles. The quantitative estimate of drug-likeness (QED) is 0.913. The van der Waals surface area contributed by atoms with E-state index in [0.29, 0.717) is 10.2 Å². The second kappa shape index (κ2) is 6.00. The summed E-state index contributed by atoms with van der Waals surface area (Å²) >= 11 is 3.18. The highest BCUT2D eigenvalue weighted by molar-refractivity contribution is 9.10. The average Bonchev–Trinajstić information content (AvgIpc) is 2.38. The number of carboxylic acid groups (broad SMARTS) is 1. The zero-order valence-electron chi connectivity index (χ0n) is 10.1. The Labute approximate surface area is 121 Å². The number of halogens is 3. The van der Waals surface area contributed by atoms with Crippen LogP contribution in [0.1, 0.15) is 15.9 Å². The van der Waals surface area contributed by atoms with E-state index in [1.807, 2.05) is 0 Å². The van der Waals surface area contributed by atoms with E-state index in [4.69, 9.17) is 9.84 Å². The first kappa shape index (κ1) is 14.5. The van der Waals surface area contributed by atoms with Crippen LogP contribution in [0.5, 0.6) is 5.75 Å². The number of hydrogen-bond acceptors (Lipinski definition) is 2. The number of aromatic carboxylic acids is 1. The lowest BCUT2D eigenvalue weighted by molar-refractivity contribution is 0.0696. The van der Waals surface area contributed by atoms with Crippen molar-refractivity contribution >= 4 is 21.9 Å². The molecule has 20 heavy (non-hydrogen) atoms. The molecule has 0 saturated heterocycles. The van der Waals surface area contributed by atoms with Crippen LogP contribution in [0.25, 0.3) is 0 Å². The standard InChI is InChI=1S/C14H9BrF2O3/c15-11-5-8(14(18)19)2-4-13(11)20-7-9-1-3-10(16)6-12(9)17/h1-6H,7H2,(H,18,19). The van der Waals surface area contributed by atoms with E-state index >= 15 is 0 Å². The maximum Gasteiger partial charge on any atom is 0.335 e. The lowest BCUT2D eigenvalue weighted by atomic mass is 10.2. The van der Waals surface area contributed by atoms with Crippen molar-refractivity contribution in [1.82, 2.24) is 0 Å². The molecule has 0 heterocycles. The predicted molar refractivity (Wildman–Crippen MR) is 71.8 cm³/mol. The summed E-state index contributed by atoms with van der Waals surface area (Å²) in [5.41, 5.74) is 0.317. The maximum atomic E-state index is 13.4. The van der Waals surface area contributed by atoms with Crippen molar-refractivity contribution in [3.8, 4) is 5.75 Å². The molecule has 6 heteroatoms. The van der Waals surface area contributed by atoms with Gasteiger partial charge in [0.25, 0.3) is 0 Å². The highest BCUT2D eigenvalue weighted by Gasteiger charge is 2.09. The molecule has 0 aliphatic heterocycles. The fourth-order valence-corrected chi connectivity index (χ4v) is 2.04. The maximum absolute atomic E-state index is 13.4. The Kier molecular flexibility index (Phi) is 4.34. The fourth-order valence-electron chi connectivity index (χ4n) is 1.55. The molecule has 0 aromatic heterocycles. The molecule has 3 nitrogen and oxygen atoms in total. The Bertz CT molecular complexity index is 659. The van der Waals surface area contributed by atoms with Gasteiger partial charge in [-0.2, -0.15) is 0 Å². The smallest absolute Gasteiger partial charge is 0.335 e. The van der Waals surface area contributed by atoms with E-state index in [-0.39, 0.29) is 17.7 Å². The van der Waals surface area contributed by atoms with Gasteiger partial charge < -0.3 is 9.84 Å². The molecule has 0 aliphatic carbocycles. The van der Waals surface area contributed by atoms with Crippen molar-refractivity contribution < 1.29 is 23.4 Å². The molecule has 0 amide bonds. The molecular formula is C14H9BrF2O3. The summed E-state index contributed by atoms with van der Waals surface area (Å²) in [6.07, 6.45) is 0. The molecule has 0 aliphatic rings. The average molecular weight is 343 g/mol. The predicted octanol–water partition coefficient (Wildman–Crippen LogP) is 4.00. The van der Waals surface area contributed by atoms with Gasteiger partial charge in [-0.3, -0.25) is 0 Å². The second-order valence-corrected chi connectivity index (χ2v) is 4.83. The van der Waals surface area contributed by atoms with E-state index in [2.05, 4.69) is 15.9 Å². The third kappa shape index (κ3) is 3.33. The van der Waals surface area contributed by atoms with Gasteiger partial charge >= 0.3 is 5.97 Å². The van der Waals surface area contributed by atoms with Crippen molar-refractivity contribution in [2.75, 3.05) is 0 Å². The van der Waals surface area contributed by atoms with Gasteiger partial charge in [0.05, 0.1) is 10.0 Å². The summed E-state index contributed by atoms with van der Waals surface area (Å²) in [7, 11) is 0. The minimum absolute atomic E-state index is 0.0862. The molecule has 2 rings (SSSR count). The molecular weight excluding hydrogens is 334 g/mol. The number of benzene rings is 2. The van der Waals surface area contributed by atoms with Crippen molar-refractivity contribution in [3.05, 3.63) is 63.6 Å². The van der Waals surface area contributed by atoms with Gasteiger partial charge in [-0.25, -0.2) is 13.6 Å². The first-order chi connectivity index (χ1) is 9.47. The molecule has 2 aromatic rings. The number of rotatable bonds is 4. The van der Waals surface area contributed by atoms with Crippen LogP contribution < -0.4 is 4.74 Å². The summed E-state index contributed by atoms with van der Waals surface area (Å²) in [5, 5.41) is 8.82. The third-order valence-electron chi connectivity index (χ3n) is 2.58. The normalized spacial score (nSPS) is 10.3. The Morgan fingerprint density at radius 2 is 1.95 bits per heavy atom. The Hall–Kier alpha value is -1.95. The molecule has 1 N–H and O–H groups in total. The number of ether oxygens (including phenoxy) is 1. The largest absolute Gasteiger partial charge is 0.488 e. The highest BCUT2D eigenvalue weighted by Crippen LogP contribution is 2.27. The summed E-state index contributed by atoms with van der Waals surface area (Å²) in [5.74, 6) is -2.03. The Morgan fingerprint density at radius 1 is 1.20 bits per heavy atom. The minimum atomic E-state index is -1.05. The van der Waals surface area contributed by atoms with Crippen molar-refractivity contribution in [1.29, 1.82) is 0 Å². The number of carboxylic acids is 1. The van der Waals surface area contributed by atoms with E-state index in [1.165, 1.54) is 24.3 Å². The van der Waals surface area contributed by atoms with Crippen LogP contribution >= 0.6 is 15.9 Å². The van der Waals surface area contributed by atoms with Crippen LogP contribution in [-0.2, 0) is 6.61 Å². The Morgan fingerprint density at radius 3 is 2.55 bits per heavy atom. The van der Waals surface area contributed by atoms with Gasteiger partial charge in [-0.05, 0) is 46.3 Å². The second-order valence-electron chi connectivity index (χ2n) is 3.97. The fraction of sp³-hybridized carbons (Fsp3) is 0.0714. The monoisotopic (exact) mass is 342 g/mol. The van der Waals surface area contributed by atoms with E-state index in [0.717, 1.165) is 12.1 Å². The van der Waals surface area contributed by atoms with Gasteiger partial charge in [-0.1, -0.05) is 0 Å². The van der Waals surface area contributed by atoms with E-state index in [9.17, 15) is 13.6 Å². The van der Waals surface area contributed by atoms with Crippen molar-refractivity contribution in [2.45, 2.75) is 6.61 Å². The minimum Gasteiger partial charge on any atom is -0.488 e. The van der Waals surface area contributed by atoms with E-state index < -0.39 is 17.6 Å². The molecule has 0 atom stereocenters. The van der Waals surface area contributed by atoms with Crippen LogP contribution in [0.3, 0.4) is 0 Å². The van der Waals surface area contributed by atoms with Crippen LogP contribution in [0.4, 0.5) is 8.78 Å². The molecule has 0 spiro atoms. The van der Waals surface area contributed by atoms with Gasteiger partial charge in [0, 0.05) is 11.6 Å². The molecule has 0 radical (unpaired) electrons. The Balaban J connectivity index is 2.13. The summed E-state index contributed by atoms with van der Waals surface area (Å²) < 4.78 is 32.0.